The topological polar surface area (TPSA) is 52.0 Å². The number of hydrogen-bond acceptors (Lipinski definition) is 4. The minimum absolute atomic E-state index is 0.184. The second kappa shape index (κ2) is 6.41. The molecule has 0 amide bonds. The minimum atomic E-state index is 0.184. The maximum Gasteiger partial charge on any atom is 0.260 e. The smallest absolute Gasteiger partial charge is 0.260 e. The SMILES string of the molecule is CCC(N)Cc1cc(Br)ccc1Sc1ncco1. The van der Waals surface area contributed by atoms with Crippen LogP contribution in [-0.4, -0.2) is 11.0 Å². The van der Waals surface area contributed by atoms with Crippen molar-refractivity contribution >= 4 is 27.7 Å². The van der Waals surface area contributed by atoms with Gasteiger partial charge in [-0.3, -0.25) is 0 Å². The van der Waals surface area contributed by atoms with Crippen LogP contribution in [-0.2, 0) is 6.42 Å². The van der Waals surface area contributed by atoms with Crippen LogP contribution in [0.4, 0.5) is 0 Å². The fraction of sp³-hybridized carbons (Fsp3) is 0.308. The highest BCUT2D eigenvalue weighted by Gasteiger charge is 2.10. The van der Waals surface area contributed by atoms with Crippen LogP contribution in [0.25, 0.3) is 0 Å². The Bertz CT molecular complexity index is 502. The number of oxazole rings is 1. The lowest BCUT2D eigenvalue weighted by atomic mass is 10.1. The van der Waals surface area contributed by atoms with Crippen LogP contribution in [0.3, 0.4) is 0 Å². The Morgan fingerprint density at radius 2 is 2.33 bits per heavy atom. The zero-order valence-corrected chi connectivity index (χ0v) is 12.5. The van der Waals surface area contributed by atoms with Gasteiger partial charge in [-0.1, -0.05) is 22.9 Å². The lowest BCUT2D eigenvalue weighted by Gasteiger charge is -2.12. The Balaban J connectivity index is 2.22. The lowest BCUT2D eigenvalue weighted by molar-refractivity contribution is 0.454. The molecule has 1 unspecified atom stereocenters. The molecule has 1 heterocycles. The largest absolute Gasteiger partial charge is 0.440 e. The van der Waals surface area contributed by atoms with E-state index in [2.05, 4.69) is 40.0 Å². The van der Waals surface area contributed by atoms with Crippen LogP contribution in [0.2, 0.25) is 0 Å². The summed E-state index contributed by atoms with van der Waals surface area (Å²) in [6.07, 6.45) is 5.06. The molecule has 0 aliphatic heterocycles. The van der Waals surface area contributed by atoms with Gasteiger partial charge in [-0.15, -0.1) is 0 Å². The first kappa shape index (κ1) is 13.6. The molecule has 1 atom stereocenters. The number of rotatable bonds is 5. The van der Waals surface area contributed by atoms with Crippen molar-refractivity contribution in [2.45, 2.75) is 35.9 Å². The standard InChI is InChI=1S/C13H15BrN2OS/c1-2-11(15)8-9-7-10(14)3-4-12(9)18-13-16-5-6-17-13/h3-7,11H,2,8,15H2,1H3. The van der Waals surface area contributed by atoms with E-state index in [1.54, 1.807) is 12.5 Å². The van der Waals surface area contributed by atoms with E-state index in [1.807, 2.05) is 6.07 Å². The maximum atomic E-state index is 6.03. The molecule has 0 aliphatic carbocycles. The van der Waals surface area contributed by atoms with Gasteiger partial charge >= 0.3 is 0 Å². The number of nitrogens with two attached hydrogens (primary N) is 1. The molecular weight excluding hydrogens is 312 g/mol. The maximum absolute atomic E-state index is 6.03. The first-order valence-electron chi connectivity index (χ1n) is 5.80. The van der Waals surface area contributed by atoms with Gasteiger partial charge in [-0.05, 0) is 48.4 Å². The molecule has 18 heavy (non-hydrogen) atoms. The summed E-state index contributed by atoms with van der Waals surface area (Å²) in [5.74, 6) is 0. The predicted octanol–water partition coefficient (Wildman–Crippen LogP) is 3.87. The van der Waals surface area contributed by atoms with Crippen molar-refractivity contribution in [2.75, 3.05) is 0 Å². The van der Waals surface area contributed by atoms with Gasteiger partial charge in [0.1, 0.15) is 6.26 Å². The van der Waals surface area contributed by atoms with Gasteiger partial charge in [0, 0.05) is 15.4 Å². The summed E-state index contributed by atoms with van der Waals surface area (Å²) >= 11 is 5.02. The second-order valence-corrected chi connectivity index (χ2v) is 5.93. The van der Waals surface area contributed by atoms with Crippen LogP contribution < -0.4 is 5.73 Å². The highest BCUT2D eigenvalue weighted by atomic mass is 79.9. The Morgan fingerprint density at radius 1 is 1.50 bits per heavy atom. The highest BCUT2D eigenvalue weighted by Crippen LogP contribution is 2.31. The van der Waals surface area contributed by atoms with E-state index in [0.29, 0.717) is 5.22 Å². The van der Waals surface area contributed by atoms with Crippen LogP contribution in [0.5, 0.6) is 0 Å². The van der Waals surface area contributed by atoms with Crippen molar-refractivity contribution in [1.82, 2.24) is 4.98 Å². The summed E-state index contributed by atoms with van der Waals surface area (Å²) in [6, 6.07) is 6.38. The molecule has 0 fully saturated rings. The third-order valence-electron chi connectivity index (χ3n) is 2.64. The van der Waals surface area contributed by atoms with Crippen LogP contribution >= 0.6 is 27.7 Å². The molecule has 1 aromatic heterocycles. The zero-order valence-electron chi connectivity index (χ0n) is 10.1. The molecule has 5 heteroatoms. The summed E-state index contributed by atoms with van der Waals surface area (Å²) in [7, 11) is 0. The van der Waals surface area contributed by atoms with Crippen molar-refractivity contribution in [1.29, 1.82) is 0 Å². The van der Waals surface area contributed by atoms with Crippen molar-refractivity contribution < 1.29 is 4.42 Å². The number of halogens is 1. The Labute approximate surface area is 119 Å². The molecule has 96 valence electrons. The van der Waals surface area contributed by atoms with Gasteiger partial charge in [0.05, 0.1) is 6.20 Å². The predicted molar refractivity (Wildman–Crippen MR) is 76.7 cm³/mol. The van der Waals surface area contributed by atoms with Crippen molar-refractivity contribution in [3.63, 3.8) is 0 Å². The van der Waals surface area contributed by atoms with E-state index in [9.17, 15) is 0 Å². The molecule has 2 rings (SSSR count). The van der Waals surface area contributed by atoms with E-state index in [1.165, 1.54) is 17.3 Å². The highest BCUT2D eigenvalue weighted by molar-refractivity contribution is 9.10. The van der Waals surface area contributed by atoms with E-state index >= 15 is 0 Å². The summed E-state index contributed by atoms with van der Waals surface area (Å²) in [5.41, 5.74) is 7.26. The number of aromatic nitrogens is 1. The summed E-state index contributed by atoms with van der Waals surface area (Å²) in [6.45, 7) is 2.10. The van der Waals surface area contributed by atoms with E-state index < -0.39 is 0 Å². The van der Waals surface area contributed by atoms with Crippen molar-refractivity contribution in [3.05, 3.63) is 40.7 Å². The second-order valence-electron chi connectivity index (χ2n) is 4.02. The molecule has 0 aliphatic rings. The third kappa shape index (κ3) is 3.60. The first-order chi connectivity index (χ1) is 8.69. The van der Waals surface area contributed by atoms with Gasteiger partial charge in [0.15, 0.2) is 0 Å². The van der Waals surface area contributed by atoms with Crippen LogP contribution in [0, 0.1) is 0 Å². The van der Waals surface area contributed by atoms with Gasteiger partial charge in [-0.25, -0.2) is 4.98 Å². The molecule has 2 N–H and O–H groups in total. The van der Waals surface area contributed by atoms with Crippen LogP contribution in [0.1, 0.15) is 18.9 Å². The Morgan fingerprint density at radius 3 is 3.00 bits per heavy atom. The average molecular weight is 327 g/mol. The van der Waals surface area contributed by atoms with Gasteiger partial charge < -0.3 is 10.2 Å². The average Bonchev–Trinajstić information content (AvgIpc) is 2.85. The normalized spacial score (nSPS) is 12.6. The monoisotopic (exact) mass is 326 g/mol. The molecular formula is C13H15BrN2OS. The molecule has 0 saturated carbocycles. The van der Waals surface area contributed by atoms with Gasteiger partial charge in [-0.2, -0.15) is 0 Å². The molecule has 3 nitrogen and oxygen atoms in total. The first-order valence-corrected chi connectivity index (χ1v) is 7.41. The summed E-state index contributed by atoms with van der Waals surface area (Å²) in [4.78, 5) is 5.27. The fourth-order valence-electron chi connectivity index (χ4n) is 1.59. The van der Waals surface area contributed by atoms with E-state index in [4.69, 9.17) is 10.2 Å². The molecule has 1 aromatic carbocycles. The number of hydrogen-bond donors (Lipinski definition) is 1. The van der Waals surface area contributed by atoms with E-state index in [0.717, 1.165) is 22.2 Å². The number of nitrogens with zero attached hydrogens (tertiary/aromatic N) is 1. The number of benzene rings is 1. The zero-order chi connectivity index (χ0) is 13.0. The lowest BCUT2D eigenvalue weighted by Crippen LogP contribution is -2.21. The van der Waals surface area contributed by atoms with E-state index in [-0.39, 0.29) is 6.04 Å². The molecule has 2 aromatic rings. The quantitative estimate of drug-likeness (QED) is 0.906. The Hall–Kier alpha value is -0.780. The molecule has 0 radical (unpaired) electrons. The van der Waals surface area contributed by atoms with Gasteiger partial charge in [0.25, 0.3) is 5.22 Å². The summed E-state index contributed by atoms with van der Waals surface area (Å²) < 4.78 is 6.33. The fourth-order valence-corrected chi connectivity index (χ4v) is 2.81. The third-order valence-corrected chi connectivity index (χ3v) is 4.12. The van der Waals surface area contributed by atoms with Crippen molar-refractivity contribution in [3.8, 4) is 0 Å². The van der Waals surface area contributed by atoms with Crippen LogP contribution in [0.15, 0.2) is 49.7 Å². The van der Waals surface area contributed by atoms with Crippen molar-refractivity contribution in [2.24, 2.45) is 5.73 Å². The summed E-state index contributed by atoms with van der Waals surface area (Å²) in [5, 5.41) is 0.656. The molecule has 0 bridgehead atoms. The molecule has 0 saturated heterocycles. The molecule has 0 spiro atoms. The minimum Gasteiger partial charge on any atom is -0.440 e. The van der Waals surface area contributed by atoms with Gasteiger partial charge in [0.2, 0.25) is 0 Å². The Kier molecular flexibility index (Phi) is 4.86.